The summed E-state index contributed by atoms with van der Waals surface area (Å²) in [4.78, 5) is 12.9. The first-order valence-electron chi connectivity index (χ1n) is 7.47. The molecule has 0 radical (unpaired) electrons. The van der Waals surface area contributed by atoms with Crippen LogP contribution in [0.25, 0.3) is 22.3 Å². The molecule has 0 aliphatic rings. The fourth-order valence-electron chi connectivity index (χ4n) is 2.47. The van der Waals surface area contributed by atoms with Crippen molar-refractivity contribution in [1.82, 2.24) is 0 Å². The van der Waals surface area contributed by atoms with E-state index in [-0.39, 0.29) is 18.0 Å². The van der Waals surface area contributed by atoms with E-state index < -0.39 is 0 Å². The molecule has 0 bridgehead atoms. The highest BCUT2D eigenvalue weighted by atomic mass is 35.5. The van der Waals surface area contributed by atoms with Crippen LogP contribution in [0.4, 0.5) is 0 Å². The lowest BCUT2D eigenvalue weighted by Crippen LogP contribution is -2.12. The Morgan fingerprint density at radius 3 is 2.42 bits per heavy atom. The average Bonchev–Trinajstić information content (AvgIpc) is 2.56. The maximum Gasteiger partial charge on any atom is 0.235 e. The molecule has 1 aromatic heterocycles. The molecule has 0 amide bonds. The largest absolute Gasteiger partial charge is 0.459 e. The van der Waals surface area contributed by atoms with Crippen LogP contribution >= 0.6 is 11.6 Å². The highest BCUT2D eigenvalue weighted by Crippen LogP contribution is 2.32. The molecule has 0 aliphatic heterocycles. The average molecular weight is 345 g/mol. The smallest absolute Gasteiger partial charge is 0.235 e. The molecule has 4 nitrogen and oxygen atoms in total. The number of hydrogen-bond donors (Lipinski definition) is 0. The zero-order valence-corrected chi connectivity index (χ0v) is 14.4. The van der Waals surface area contributed by atoms with E-state index in [1.54, 1.807) is 24.3 Å². The molecule has 3 rings (SSSR count). The number of fused-ring (bicyclic) bond motifs is 1. The second-order valence-corrected chi connectivity index (χ2v) is 6.02. The summed E-state index contributed by atoms with van der Waals surface area (Å²) in [6.07, 6.45) is 0. The van der Waals surface area contributed by atoms with Crippen molar-refractivity contribution in [2.75, 3.05) is 13.9 Å². The van der Waals surface area contributed by atoms with Gasteiger partial charge in [-0.3, -0.25) is 4.79 Å². The van der Waals surface area contributed by atoms with Crippen LogP contribution in [0.3, 0.4) is 0 Å². The van der Waals surface area contributed by atoms with E-state index in [1.807, 2.05) is 26.0 Å². The number of rotatable bonds is 4. The maximum atomic E-state index is 12.9. The molecule has 24 heavy (non-hydrogen) atoms. The summed E-state index contributed by atoms with van der Waals surface area (Å²) in [6.45, 7) is 3.89. The van der Waals surface area contributed by atoms with Crippen molar-refractivity contribution in [3.05, 3.63) is 62.8 Å². The van der Waals surface area contributed by atoms with Crippen LogP contribution in [-0.4, -0.2) is 13.9 Å². The summed E-state index contributed by atoms with van der Waals surface area (Å²) in [6, 6.07) is 10.7. The summed E-state index contributed by atoms with van der Waals surface area (Å²) < 4.78 is 16.5. The van der Waals surface area contributed by atoms with Crippen molar-refractivity contribution in [1.29, 1.82) is 0 Å². The minimum absolute atomic E-state index is 0.0400. The van der Waals surface area contributed by atoms with Gasteiger partial charge in [0.15, 0.2) is 12.6 Å². The van der Waals surface area contributed by atoms with Gasteiger partial charge in [0.05, 0.1) is 5.39 Å². The summed E-state index contributed by atoms with van der Waals surface area (Å²) in [7, 11) is 1.50. The van der Waals surface area contributed by atoms with Gasteiger partial charge in [-0.05, 0) is 61.4 Å². The first-order valence-corrected chi connectivity index (χ1v) is 7.85. The first kappa shape index (κ1) is 16.6. The topological polar surface area (TPSA) is 48.7 Å². The van der Waals surface area contributed by atoms with E-state index in [0.29, 0.717) is 27.3 Å². The van der Waals surface area contributed by atoms with Crippen LogP contribution in [0.15, 0.2) is 45.6 Å². The van der Waals surface area contributed by atoms with Crippen molar-refractivity contribution >= 4 is 22.6 Å². The molecule has 0 N–H and O–H groups in total. The van der Waals surface area contributed by atoms with Crippen molar-refractivity contribution < 1.29 is 13.9 Å². The third kappa shape index (κ3) is 3.03. The Morgan fingerprint density at radius 1 is 1.08 bits per heavy atom. The standard InChI is InChI=1S/C19H17ClO4/c1-11-8-15-16(9-12(11)2)24-18(13-4-6-14(20)7-5-13)19(17(15)21)23-10-22-3/h4-9H,10H2,1-3H3. The Kier molecular flexibility index (Phi) is 4.60. The number of methoxy groups -OCH3 is 1. The Morgan fingerprint density at radius 2 is 1.75 bits per heavy atom. The molecule has 1 heterocycles. The van der Waals surface area contributed by atoms with Gasteiger partial charge in [0, 0.05) is 17.7 Å². The molecule has 124 valence electrons. The van der Waals surface area contributed by atoms with Gasteiger partial charge in [0.25, 0.3) is 0 Å². The van der Waals surface area contributed by atoms with Gasteiger partial charge in [0.1, 0.15) is 5.58 Å². The Bertz CT molecular complexity index is 942. The predicted octanol–water partition coefficient (Wildman–Crippen LogP) is 4.71. The number of benzene rings is 2. The lowest BCUT2D eigenvalue weighted by molar-refractivity contribution is 0.0498. The van der Waals surface area contributed by atoms with Gasteiger partial charge < -0.3 is 13.9 Å². The second-order valence-electron chi connectivity index (χ2n) is 5.58. The monoisotopic (exact) mass is 344 g/mol. The highest BCUT2D eigenvalue weighted by molar-refractivity contribution is 6.30. The fraction of sp³-hybridized carbons (Fsp3) is 0.211. The van der Waals surface area contributed by atoms with Crippen LogP contribution in [0.1, 0.15) is 11.1 Å². The molecule has 3 aromatic rings. The first-order chi connectivity index (χ1) is 11.5. The van der Waals surface area contributed by atoms with Crippen molar-refractivity contribution in [3.63, 3.8) is 0 Å². The molecule has 0 saturated carbocycles. The van der Waals surface area contributed by atoms with E-state index in [4.69, 9.17) is 25.5 Å². The number of halogens is 1. The van der Waals surface area contributed by atoms with Gasteiger partial charge in [-0.15, -0.1) is 0 Å². The normalized spacial score (nSPS) is 11.0. The molecule has 0 atom stereocenters. The van der Waals surface area contributed by atoms with E-state index in [2.05, 4.69) is 0 Å². The highest BCUT2D eigenvalue weighted by Gasteiger charge is 2.18. The number of aryl methyl sites for hydroxylation is 2. The fourth-order valence-corrected chi connectivity index (χ4v) is 2.60. The zero-order valence-electron chi connectivity index (χ0n) is 13.7. The molecule has 0 fully saturated rings. The van der Waals surface area contributed by atoms with Crippen molar-refractivity contribution in [3.8, 4) is 17.1 Å². The third-order valence-corrected chi connectivity index (χ3v) is 4.14. The summed E-state index contributed by atoms with van der Waals surface area (Å²) in [5, 5.41) is 1.09. The second kappa shape index (κ2) is 6.67. The van der Waals surface area contributed by atoms with Gasteiger partial charge in [0.2, 0.25) is 11.2 Å². The van der Waals surface area contributed by atoms with Gasteiger partial charge in [-0.1, -0.05) is 11.6 Å². The van der Waals surface area contributed by atoms with Crippen LogP contribution in [0.2, 0.25) is 5.02 Å². The molecule has 0 spiro atoms. The zero-order chi connectivity index (χ0) is 17.3. The summed E-state index contributed by atoms with van der Waals surface area (Å²) >= 11 is 5.94. The number of ether oxygens (including phenoxy) is 2. The maximum absolute atomic E-state index is 12.9. The Balaban J connectivity index is 2.30. The number of hydrogen-bond acceptors (Lipinski definition) is 4. The van der Waals surface area contributed by atoms with E-state index in [1.165, 1.54) is 7.11 Å². The summed E-state index contributed by atoms with van der Waals surface area (Å²) in [5.41, 5.74) is 3.09. The van der Waals surface area contributed by atoms with Crippen LogP contribution in [0.5, 0.6) is 5.75 Å². The van der Waals surface area contributed by atoms with Crippen LogP contribution in [-0.2, 0) is 4.74 Å². The van der Waals surface area contributed by atoms with E-state index >= 15 is 0 Å². The van der Waals surface area contributed by atoms with E-state index in [0.717, 1.165) is 11.1 Å². The minimum Gasteiger partial charge on any atom is -0.459 e. The quantitative estimate of drug-likeness (QED) is 0.643. The van der Waals surface area contributed by atoms with Crippen molar-refractivity contribution in [2.45, 2.75) is 13.8 Å². The predicted molar refractivity (Wildman–Crippen MR) is 94.9 cm³/mol. The molecule has 0 aliphatic carbocycles. The summed E-state index contributed by atoms with van der Waals surface area (Å²) in [5.74, 6) is 0.499. The molecule has 5 heteroatoms. The Hall–Kier alpha value is -2.30. The molecule has 0 saturated heterocycles. The molecular formula is C19H17ClO4. The SMILES string of the molecule is COCOc1c(-c2ccc(Cl)cc2)oc2cc(C)c(C)cc2c1=O. The van der Waals surface area contributed by atoms with Crippen LogP contribution in [0, 0.1) is 13.8 Å². The van der Waals surface area contributed by atoms with Gasteiger partial charge >= 0.3 is 0 Å². The lowest BCUT2D eigenvalue weighted by atomic mass is 10.0. The third-order valence-electron chi connectivity index (χ3n) is 3.89. The van der Waals surface area contributed by atoms with E-state index in [9.17, 15) is 4.79 Å². The van der Waals surface area contributed by atoms with Crippen LogP contribution < -0.4 is 10.2 Å². The van der Waals surface area contributed by atoms with Gasteiger partial charge in [-0.2, -0.15) is 0 Å². The molecule has 2 aromatic carbocycles. The molecular weight excluding hydrogens is 328 g/mol. The van der Waals surface area contributed by atoms with Crippen molar-refractivity contribution in [2.24, 2.45) is 0 Å². The minimum atomic E-state index is -0.221. The van der Waals surface area contributed by atoms with Gasteiger partial charge in [-0.25, -0.2) is 0 Å². The Labute approximate surface area is 144 Å². The molecule has 0 unspecified atom stereocenters. The lowest BCUT2D eigenvalue weighted by Gasteiger charge is -2.12.